The van der Waals surface area contributed by atoms with Gasteiger partial charge in [-0.05, 0) is 56.4 Å². The van der Waals surface area contributed by atoms with Crippen LogP contribution in [0, 0.1) is 22.7 Å². The van der Waals surface area contributed by atoms with Crippen molar-refractivity contribution in [2.45, 2.75) is 82.9 Å². The first-order valence-corrected chi connectivity index (χ1v) is 11.4. The summed E-state index contributed by atoms with van der Waals surface area (Å²) in [5.41, 5.74) is 1.04. The van der Waals surface area contributed by atoms with Crippen LogP contribution in [0.15, 0.2) is 30.3 Å². The SMILES string of the molecule is CO[C@]12CCC[C@H]1[C@@]1(C)C[C@@]3(C=O)CC[C@H](OCc4ccccc4)C[C@@H]3C[C@H]1O2. The molecule has 1 heterocycles. The maximum Gasteiger partial charge on any atom is 0.171 e. The van der Waals surface area contributed by atoms with E-state index in [1.165, 1.54) is 11.8 Å². The van der Waals surface area contributed by atoms with Crippen molar-refractivity contribution in [2.75, 3.05) is 7.11 Å². The van der Waals surface area contributed by atoms with Crippen molar-refractivity contribution in [3.63, 3.8) is 0 Å². The Bertz CT molecular complexity index is 750. The largest absolute Gasteiger partial charge is 0.374 e. The maximum absolute atomic E-state index is 12.5. The molecule has 1 aromatic carbocycles. The second kappa shape index (κ2) is 7.18. The lowest BCUT2D eigenvalue weighted by Gasteiger charge is -2.54. The molecule has 0 bridgehead atoms. The van der Waals surface area contributed by atoms with Crippen LogP contribution in [-0.4, -0.2) is 31.4 Å². The van der Waals surface area contributed by atoms with Gasteiger partial charge in [0.2, 0.25) is 0 Å². The number of methoxy groups -OCH3 is 1. The first-order valence-electron chi connectivity index (χ1n) is 11.4. The average Bonchev–Trinajstić information content (AvgIpc) is 3.27. The van der Waals surface area contributed by atoms with E-state index >= 15 is 0 Å². The minimum atomic E-state index is -0.416. The maximum atomic E-state index is 12.5. The summed E-state index contributed by atoms with van der Waals surface area (Å²) in [4.78, 5) is 12.5. The van der Waals surface area contributed by atoms with E-state index in [1.54, 1.807) is 7.11 Å². The third kappa shape index (κ3) is 3.02. The summed E-state index contributed by atoms with van der Waals surface area (Å²) in [7, 11) is 1.80. The van der Waals surface area contributed by atoms with Gasteiger partial charge in [0.25, 0.3) is 0 Å². The van der Waals surface area contributed by atoms with Gasteiger partial charge in [0, 0.05) is 30.3 Å². The van der Waals surface area contributed by atoms with E-state index in [1.807, 2.05) is 6.07 Å². The van der Waals surface area contributed by atoms with Crippen molar-refractivity contribution in [3.05, 3.63) is 35.9 Å². The van der Waals surface area contributed by atoms with E-state index in [-0.39, 0.29) is 23.0 Å². The molecule has 1 aliphatic heterocycles. The molecule has 1 saturated heterocycles. The van der Waals surface area contributed by atoms with Gasteiger partial charge in [-0.2, -0.15) is 0 Å². The van der Waals surface area contributed by atoms with Crippen LogP contribution in [0.1, 0.15) is 63.9 Å². The summed E-state index contributed by atoms with van der Waals surface area (Å²) in [5.74, 6) is 0.343. The Hall–Kier alpha value is -1.23. The third-order valence-electron chi connectivity index (χ3n) is 8.83. The number of carbonyl (C=O) groups excluding carboxylic acids is 1. The lowest BCUT2D eigenvalue weighted by Crippen LogP contribution is -2.53. The van der Waals surface area contributed by atoms with Gasteiger partial charge in [-0.15, -0.1) is 0 Å². The molecule has 4 nitrogen and oxygen atoms in total. The molecule has 3 aliphatic carbocycles. The molecule has 7 atom stereocenters. The topological polar surface area (TPSA) is 44.8 Å². The fraction of sp³-hybridized carbons (Fsp3) is 0.720. The Kier molecular flexibility index (Phi) is 4.88. The molecule has 0 aromatic heterocycles. The Labute approximate surface area is 174 Å². The van der Waals surface area contributed by atoms with Crippen molar-refractivity contribution >= 4 is 6.29 Å². The van der Waals surface area contributed by atoms with Crippen molar-refractivity contribution in [1.29, 1.82) is 0 Å². The number of ether oxygens (including phenoxy) is 3. The summed E-state index contributed by atoms with van der Waals surface area (Å²) in [6, 6.07) is 10.4. The van der Waals surface area contributed by atoms with Crippen molar-refractivity contribution in [2.24, 2.45) is 22.7 Å². The molecular weight excluding hydrogens is 364 g/mol. The van der Waals surface area contributed by atoms with Crippen LogP contribution < -0.4 is 0 Å². The van der Waals surface area contributed by atoms with Crippen molar-refractivity contribution in [1.82, 2.24) is 0 Å². The van der Waals surface area contributed by atoms with Crippen molar-refractivity contribution < 1.29 is 19.0 Å². The molecule has 0 amide bonds. The van der Waals surface area contributed by atoms with E-state index in [0.717, 1.165) is 51.4 Å². The van der Waals surface area contributed by atoms with Gasteiger partial charge >= 0.3 is 0 Å². The molecule has 3 saturated carbocycles. The Morgan fingerprint density at radius 3 is 2.76 bits per heavy atom. The van der Waals surface area contributed by atoms with Gasteiger partial charge in [0.1, 0.15) is 6.29 Å². The first kappa shape index (κ1) is 19.7. The van der Waals surface area contributed by atoms with Gasteiger partial charge in [-0.1, -0.05) is 37.3 Å². The third-order valence-corrected chi connectivity index (χ3v) is 8.83. The van der Waals surface area contributed by atoms with Gasteiger partial charge in [0.15, 0.2) is 5.79 Å². The van der Waals surface area contributed by atoms with Gasteiger partial charge in [-0.25, -0.2) is 0 Å². The molecule has 0 N–H and O–H groups in total. The zero-order valence-corrected chi connectivity index (χ0v) is 17.8. The van der Waals surface area contributed by atoms with Crippen LogP contribution in [0.25, 0.3) is 0 Å². The van der Waals surface area contributed by atoms with E-state index in [0.29, 0.717) is 18.4 Å². The molecule has 0 unspecified atom stereocenters. The lowest BCUT2D eigenvalue weighted by atomic mass is 9.50. The highest BCUT2D eigenvalue weighted by Crippen LogP contribution is 2.67. The Morgan fingerprint density at radius 1 is 1.17 bits per heavy atom. The Morgan fingerprint density at radius 2 is 2.00 bits per heavy atom. The summed E-state index contributed by atoms with van der Waals surface area (Å²) < 4.78 is 18.9. The number of carbonyl (C=O) groups is 1. The number of benzene rings is 1. The second-order valence-electron chi connectivity index (χ2n) is 10.2. The van der Waals surface area contributed by atoms with Crippen LogP contribution in [0.5, 0.6) is 0 Å². The molecule has 5 rings (SSSR count). The zero-order valence-electron chi connectivity index (χ0n) is 17.8. The lowest BCUT2D eigenvalue weighted by molar-refractivity contribution is -0.226. The Balaban J connectivity index is 1.33. The molecule has 158 valence electrons. The molecule has 0 radical (unpaired) electrons. The molecule has 4 aliphatic rings. The van der Waals surface area contributed by atoms with E-state index in [2.05, 4.69) is 31.2 Å². The molecule has 29 heavy (non-hydrogen) atoms. The van der Waals surface area contributed by atoms with Crippen LogP contribution in [-0.2, 0) is 25.6 Å². The fourth-order valence-corrected chi connectivity index (χ4v) is 7.34. The van der Waals surface area contributed by atoms with Gasteiger partial charge in [0.05, 0.1) is 18.8 Å². The van der Waals surface area contributed by atoms with Gasteiger partial charge in [-0.3, -0.25) is 0 Å². The average molecular weight is 399 g/mol. The quantitative estimate of drug-likeness (QED) is 0.662. The molecular formula is C25H34O4. The summed E-state index contributed by atoms with van der Waals surface area (Å²) >= 11 is 0. The summed E-state index contributed by atoms with van der Waals surface area (Å²) in [6.07, 6.45) is 9.81. The summed E-state index contributed by atoms with van der Waals surface area (Å²) in [6.45, 7) is 3.02. The van der Waals surface area contributed by atoms with Crippen LogP contribution in [0.4, 0.5) is 0 Å². The second-order valence-corrected chi connectivity index (χ2v) is 10.2. The highest BCUT2D eigenvalue weighted by Gasteiger charge is 2.68. The first-order chi connectivity index (χ1) is 14.0. The number of rotatable bonds is 5. The zero-order chi connectivity index (χ0) is 20.1. The van der Waals surface area contributed by atoms with E-state index < -0.39 is 5.79 Å². The number of fused-ring (bicyclic) bond motifs is 4. The van der Waals surface area contributed by atoms with Crippen molar-refractivity contribution in [3.8, 4) is 0 Å². The highest BCUT2D eigenvalue weighted by molar-refractivity contribution is 5.61. The minimum absolute atomic E-state index is 0.0433. The van der Waals surface area contributed by atoms with Crippen LogP contribution in [0.2, 0.25) is 0 Å². The molecule has 0 spiro atoms. The van der Waals surface area contributed by atoms with E-state index in [4.69, 9.17) is 14.2 Å². The van der Waals surface area contributed by atoms with Gasteiger partial charge < -0.3 is 19.0 Å². The molecule has 4 fully saturated rings. The summed E-state index contributed by atoms with van der Waals surface area (Å²) in [5, 5.41) is 0. The number of hydrogen-bond donors (Lipinski definition) is 0. The predicted octanol–water partition coefficient (Wildman–Crippen LogP) is 4.90. The highest BCUT2D eigenvalue weighted by atomic mass is 16.7. The number of hydrogen-bond acceptors (Lipinski definition) is 4. The monoisotopic (exact) mass is 398 g/mol. The van der Waals surface area contributed by atoms with E-state index in [9.17, 15) is 4.79 Å². The van der Waals surface area contributed by atoms with Crippen LogP contribution >= 0.6 is 0 Å². The normalized spacial score (nSPS) is 46.0. The standard InChI is InChI=1S/C25H34O4/c1-23-16-24(17-26)12-10-20(28-15-18-7-4-3-5-8-18)13-19(24)14-22(23)29-25(27-2)11-6-9-21(23)25/h3-5,7-8,17,19-22H,6,9-16H2,1-2H3/t19-,20+,21+,22-,23-,24-,25+/m1/s1. The minimum Gasteiger partial charge on any atom is -0.374 e. The molecule has 1 aromatic rings. The van der Waals surface area contributed by atoms with Crippen LogP contribution in [0.3, 0.4) is 0 Å². The fourth-order valence-electron chi connectivity index (χ4n) is 7.34. The molecule has 4 heteroatoms. The predicted molar refractivity (Wildman–Crippen MR) is 110 cm³/mol. The number of aldehydes is 1. The smallest absolute Gasteiger partial charge is 0.171 e.